The third-order valence-electron chi connectivity index (χ3n) is 2.64. The molecule has 0 aliphatic carbocycles. The van der Waals surface area contributed by atoms with Crippen LogP contribution in [-0.2, 0) is 5.41 Å². The quantitative estimate of drug-likeness (QED) is 0.589. The summed E-state index contributed by atoms with van der Waals surface area (Å²) in [7, 11) is 0. The van der Waals surface area contributed by atoms with E-state index in [1.165, 1.54) is 6.07 Å². The summed E-state index contributed by atoms with van der Waals surface area (Å²) >= 11 is 0. The molecular weight excluding hydrogens is 204 g/mol. The number of nitrogens with one attached hydrogen (secondary N) is 1. The molecule has 1 aromatic carbocycles. The van der Waals surface area contributed by atoms with Gasteiger partial charge in [0.2, 0.25) is 0 Å². The molecule has 4 heteroatoms. The summed E-state index contributed by atoms with van der Waals surface area (Å²) in [5.41, 5.74) is 1.72. The van der Waals surface area contributed by atoms with Gasteiger partial charge >= 0.3 is 0 Å². The molecule has 0 fully saturated rings. The first kappa shape index (κ1) is 10.7. The molecular formula is C12H14N2O2. The first-order valence-electron chi connectivity index (χ1n) is 5.16. The minimum absolute atomic E-state index is 0.0348. The van der Waals surface area contributed by atoms with E-state index in [1.807, 2.05) is 12.1 Å². The van der Waals surface area contributed by atoms with Crippen molar-refractivity contribution in [2.45, 2.75) is 26.2 Å². The number of para-hydroxylation sites is 1. The lowest BCUT2D eigenvalue weighted by Crippen LogP contribution is -2.11. The monoisotopic (exact) mass is 218 g/mol. The van der Waals surface area contributed by atoms with Gasteiger partial charge in [-0.3, -0.25) is 10.1 Å². The zero-order valence-electron chi connectivity index (χ0n) is 9.57. The van der Waals surface area contributed by atoms with Crippen LogP contribution in [0.3, 0.4) is 0 Å². The number of non-ortho nitro benzene ring substituents is 1. The largest absolute Gasteiger partial charge is 0.352 e. The number of benzene rings is 1. The zero-order chi connectivity index (χ0) is 11.9. The van der Waals surface area contributed by atoms with E-state index in [2.05, 4.69) is 25.8 Å². The Labute approximate surface area is 93.4 Å². The molecule has 0 radical (unpaired) electrons. The van der Waals surface area contributed by atoms with E-state index in [1.54, 1.807) is 6.07 Å². The average molecular weight is 218 g/mol. The van der Waals surface area contributed by atoms with Crippen LogP contribution in [0.1, 0.15) is 26.5 Å². The predicted octanol–water partition coefficient (Wildman–Crippen LogP) is 3.37. The van der Waals surface area contributed by atoms with Crippen molar-refractivity contribution in [2.24, 2.45) is 0 Å². The highest BCUT2D eigenvalue weighted by Crippen LogP contribution is 2.30. The molecule has 2 rings (SSSR count). The van der Waals surface area contributed by atoms with E-state index in [-0.39, 0.29) is 16.0 Å². The topological polar surface area (TPSA) is 58.9 Å². The Kier molecular flexibility index (Phi) is 2.22. The van der Waals surface area contributed by atoms with Crippen molar-refractivity contribution in [3.05, 3.63) is 40.1 Å². The summed E-state index contributed by atoms with van der Waals surface area (Å²) in [6.07, 6.45) is 0. The lowest BCUT2D eigenvalue weighted by atomic mass is 9.92. The van der Waals surface area contributed by atoms with Gasteiger partial charge in [0.1, 0.15) is 5.52 Å². The summed E-state index contributed by atoms with van der Waals surface area (Å²) in [5.74, 6) is 0. The lowest BCUT2D eigenvalue weighted by Gasteiger charge is -2.15. The molecule has 1 N–H and O–H groups in total. The van der Waals surface area contributed by atoms with Gasteiger partial charge in [0, 0.05) is 22.6 Å². The normalized spacial score (nSPS) is 11.9. The van der Waals surface area contributed by atoms with Gasteiger partial charge in [-0.25, -0.2) is 0 Å². The van der Waals surface area contributed by atoms with Crippen LogP contribution >= 0.6 is 0 Å². The number of nitrogens with zero attached hydrogens (tertiary/aromatic N) is 1. The Hall–Kier alpha value is -1.84. The van der Waals surface area contributed by atoms with Crippen LogP contribution in [0.15, 0.2) is 24.3 Å². The number of rotatable bonds is 1. The van der Waals surface area contributed by atoms with Crippen molar-refractivity contribution in [2.75, 3.05) is 0 Å². The maximum atomic E-state index is 10.9. The smallest absolute Gasteiger partial charge is 0.293 e. The fourth-order valence-electron chi connectivity index (χ4n) is 1.70. The molecule has 0 aliphatic rings. The first-order valence-corrected chi connectivity index (χ1v) is 5.16. The number of fused-ring (bicyclic) bond motifs is 1. The molecule has 0 bridgehead atoms. The second-order valence-electron chi connectivity index (χ2n) is 4.93. The molecule has 1 heterocycles. The SMILES string of the molecule is CC(C)(C)c1cc2cccc([N+](=O)[O-])c2[nH]1. The fraction of sp³-hybridized carbons (Fsp3) is 0.333. The molecule has 16 heavy (non-hydrogen) atoms. The first-order chi connectivity index (χ1) is 7.39. The molecule has 0 spiro atoms. The number of nitro benzene ring substituents is 1. The third kappa shape index (κ3) is 1.66. The van der Waals surface area contributed by atoms with Crippen LogP contribution in [0.5, 0.6) is 0 Å². The van der Waals surface area contributed by atoms with Crippen LogP contribution in [0.2, 0.25) is 0 Å². The second kappa shape index (κ2) is 3.33. The minimum atomic E-state index is -0.356. The van der Waals surface area contributed by atoms with Crippen molar-refractivity contribution >= 4 is 16.6 Å². The van der Waals surface area contributed by atoms with Crippen molar-refractivity contribution in [3.8, 4) is 0 Å². The molecule has 84 valence electrons. The average Bonchev–Trinajstić information content (AvgIpc) is 2.59. The van der Waals surface area contributed by atoms with Gasteiger partial charge in [-0.15, -0.1) is 0 Å². The Balaban J connectivity index is 2.71. The summed E-state index contributed by atoms with van der Waals surface area (Å²) in [4.78, 5) is 13.6. The van der Waals surface area contributed by atoms with Gasteiger partial charge in [0.05, 0.1) is 4.92 Å². The number of aromatic amines is 1. The molecule has 0 saturated heterocycles. The van der Waals surface area contributed by atoms with Crippen molar-refractivity contribution in [3.63, 3.8) is 0 Å². The maximum Gasteiger partial charge on any atom is 0.293 e. The molecule has 0 aliphatic heterocycles. The number of nitro groups is 1. The number of H-pyrrole nitrogens is 1. The summed E-state index contributed by atoms with van der Waals surface area (Å²) < 4.78 is 0. The van der Waals surface area contributed by atoms with Crippen molar-refractivity contribution < 1.29 is 4.92 Å². The van der Waals surface area contributed by atoms with Gasteiger partial charge in [-0.1, -0.05) is 32.9 Å². The van der Waals surface area contributed by atoms with Gasteiger partial charge in [0.25, 0.3) is 5.69 Å². The minimum Gasteiger partial charge on any atom is -0.352 e. The Bertz CT molecular complexity index is 550. The highest BCUT2D eigenvalue weighted by molar-refractivity contribution is 5.88. The lowest BCUT2D eigenvalue weighted by molar-refractivity contribution is -0.383. The molecule has 0 unspecified atom stereocenters. The van der Waals surface area contributed by atoms with Gasteiger partial charge in [-0.05, 0) is 6.07 Å². The summed E-state index contributed by atoms with van der Waals surface area (Å²) in [6, 6.07) is 7.09. The maximum absolute atomic E-state index is 10.9. The van der Waals surface area contributed by atoms with E-state index < -0.39 is 0 Å². The van der Waals surface area contributed by atoms with Gasteiger partial charge in [-0.2, -0.15) is 0 Å². The molecule has 0 saturated carbocycles. The third-order valence-corrected chi connectivity index (χ3v) is 2.64. The van der Waals surface area contributed by atoms with E-state index in [0.717, 1.165) is 11.1 Å². The molecule has 0 atom stereocenters. The Morgan fingerprint density at radius 3 is 2.56 bits per heavy atom. The van der Waals surface area contributed by atoms with Crippen LogP contribution in [0.4, 0.5) is 5.69 Å². The van der Waals surface area contributed by atoms with E-state index in [9.17, 15) is 10.1 Å². The van der Waals surface area contributed by atoms with Gasteiger partial charge < -0.3 is 4.98 Å². The Morgan fingerprint density at radius 1 is 1.31 bits per heavy atom. The second-order valence-corrected chi connectivity index (χ2v) is 4.93. The van der Waals surface area contributed by atoms with E-state index in [0.29, 0.717) is 5.52 Å². The van der Waals surface area contributed by atoms with Crippen LogP contribution in [-0.4, -0.2) is 9.91 Å². The van der Waals surface area contributed by atoms with Crippen molar-refractivity contribution in [1.29, 1.82) is 0 Å². The van der Waals surface area contributed by atoms with Crippen LogP contribution < -0.4 is 0 Å². The van der Waals surface area contributed by atoms with E-state index in [4.69, 9.17) is 0 Å². The predicted molar refractivity (Wildman–Crippen MR) is 63.7 cm³/mol. The van der Waals surface area contributed by atoms with Crippen LogP contribution in [0.25, 0.3) is 10.9 Å². The summed E-state index contributed by atoms with van der Waals surface area (Å²) in [6.45, 7) is 6.22. The number of hydrogen-bond donors (Lipinski definition) is 1. The Morgan fingerprint density at radius 2 is 2.00 bits per heavy atom. The molecule has 1 aromatic heterocycles. The number of hydrogen-bond acceptors (Lipinski definition) is 2. The number of aromatic nitrogens is 1. The highest BCUT2D eigenvalue weighted by Gasteiger charge is 2.20. The molecule has 4 nitrogen and oxygen atoms in total. The summed E-state index contributed by atoms with van der Waals surface area (Å²) in [5, 5.41) is 11.7. The highest BCUT2D eigenvalue weighted by atomic mass is 16.6. The molecule has 0 amide bonds. The molecule has 2 aromatic rings. The van der Waals surface area contributed by atoms with Crippen LogP contribution in [0, 0.1) is 10.1 Å². The zero-order valence-corrected chi connectivity index (χ0v) is 9.57. The standard InChI is InChI=1S/C12H14N2O2/c1-12(2,3)10-7-8-5-4-6-9(14(15)16)11(8)13-10/h4-7,13H,1-3H3. The van der Waals surface area contributed by atoms with E-state index >= 15 is 0 Å². The van der Waals surface area contributed by atoms with Gasteiger partial charge in [0.15, 0.2) is 0 Å². The fourth-order valence-corrected chi connectivity index (χ4v) is 1.70. The van der Waals surface area contributed by atoms with Crippen molar-refractivity contribution in [1.82, 2.24) is 4.98 Å².